The first-order valence-corrected chi connectivity index (χ1v) is 5.94. The number of nitro benzene ring substituents is 1. The van der Waals surface area contributed by atoms with Crippen molar-refractivity contribution in [1.82, 2.24) is 0 Å². The van der Waals surface area contributed by atoms with Crippen LogP contribution in [0.5, 0.6) is 0 Å². The quantitative estimate of drug-likeness (QED) is 0.646. The monoisotopic (exact) mass is 253 g/mol. The summed E-state index contributed by atoms with van der Waals surface area (Å²) >= 11 is 0. The van der Waals surface area contributed by atoms with Crippen LogP contribution < -0.4 is 10.6 Å². The van der Waals surface area contributed by atoms with Gasteiger partial charge in [-0.2, -0.15) is 0 Å². The molecule has 1 saturated heterocycles. The normalized spacial score (nSPS) is 24.1. The standard InChI is InChI=1S/C12H16FN3O2/c1-8-4-10(14)2-3-15(8)11-5-9(13)6-12(7-11)16(17)18/h5-8,10H,2-4,14H2,1H3. The number of anilines is 1. The molecule has 0 amide bonds. The molecule has 2 N–H and O–H groups in total. The van der Waals surface area contributed by atoms with Crippen LogP contribution in [0.25, 0.3) is 0 Å². The van der Waals surface area contributed by atoms with Crippen molar-refractivity contribution in [2.75, 3.05) is 11.4 Å². The van der Waals surface area contributed by atoms with E-state index >= 15 is 0 Å². The molecule has 98 valence electrons. The van der Waals surface area contributed by atoms with Gasteiger partial charge in [-0.3, -0.25) is 10.1 Å². The van der Waals surface area contributed by atoms with Crippen LogP contribution in [-0.2, 0) is 0 Å². The van der Waals surface area contributed by atoms with Crippen molar-refractivity contribution in [2.24, 2.45) is 5.73 Å². The first kappa shape index (κ1) is 12.8. The molecule has 2 rings (SSSR count). The predicted octanol–water partition coefficient (Wildman–Crippen LogP) is 2.05. The zero-order chi connectivity index (χ0) is 13.3. The van der Waals surface area contributed by atoms with Crippen molar-refractivity contribution in [3.8, 4) is 0 Å². The topological polar surface area (TPSA) is 72.4 Å². The highest BCUT2D eigenvalue weighted by molar-refractivity contribution is 5.54. The number of nitrogens with zero attached hydrogens (tertiary/aromatic N) is 2. The summed E-state index contributed by atoms with van der Waals surface area (Å²) in [5.41, 5.74) is 6.21. The van der Waals surface area contributed by atoms with Crippen LogP contribution in [0.2, 0.25) is 0 Å². The van der Waals surface area contributed by atoms with Gasteiger partial charge < -0.3 is 10.6 Å². The molecule has 1 fully saturated rings. The first-order chi connectivity index (χ1) is 8.47. The molecule has 1 aromatic rings. The van der Waals surface area contributed by atoms with Gasteiger partial charge in [-0.05, 0) is 25.8 Å². The Kier molecular flexibility index (Phi) is 3.47. The minimum absolute atomic E-state index is 0.153. The summed E-state index contributed by atoms with van der Waals surface area (Å²) in [6.45, 7) is 2.69. The van der Waals surface area contributed by atoms with Gasteiger partial charge in [0.25, 0.3) is 5.69 Å². The van der Waals surface area contributed by atoms with Gasteiger partial charge in [0, 0.05) is 30.4 Å². The van der Waals surface area contributed by atoms with Crippen molar-refractivity contribution in [3.63, 3.8) is 0 Å². The average molecular weight is 253 g/mol. The van der Waals surface area contributed by atoms with Gasteiger partial charge in [-0.1, -0.05) is 0 Å². The second-order valence-electron chi connectivity index (χ2n) is 4.75. The summed E-state index contributed by atoms with van der Waals surface area (Å²) < 4.78 is 13.4. The van der Waals surface area contributed by atoms with E-state index in [1.54, 1.807) is 0 Å². The van der Waals surface area contributed by atoms with E-state index < -0.39 is 10.7 Å². The summed E-state index contributed by atoms with van der Waals surface area (Å²) in [4.78, 5) is 12.1. The third kappa shape index (κ3) is 2.59. The smallest absolute Gasteiger partial charge is 0.274 e. The minimum atomic E-state index is -0.582. The molecule has 0 radical (unpaired) electrons. The number of benzene rings is 1. The Morgan fingerprint density at radius 1 is 1.50 bits per heavy atom. The summed E-state index contributed by atoms with van der Waals surface area (Å²) in [5, 5.41) is 10.7. The highest BCUT2D eigenvalue weighted by Gasteiger charge is 2.25. The van der Waals surface area contributed by atoms with Crippen LogP contribution in [0, 0.1) is 15.9 Å². The Labute approximate surface area is 105 Å². The molecular weight excluding hydrogens is 237 g/mol. The predicted molar refractivity (Wildman–Crippen MR) is 67.1 cm³/mol. The lowest BCUT2D eigenvalue weighted by Crippen LogP contribution is -2.45. The molecule has 1 heterocycles. The van der Waals surface area contributed by atoms with E-state index in [0.717, 1.165) is 18.9 Å². The summed E-state index contributed by atoms with van der Waals surface area (Å²) in [6, 6.07) is 4.00. The van der Waals surface area contributed by atoms with E-state index in [1.807, 2.05) is 11.8 Å². The van der Waals surface area contributed by atoms with Crippen molar-refractivity contribution in [3.05, 3.63) is 34.1 Å². The lowest BCUT2D eigenvalue weighted by molar-refractivity contribution is -0.385. The largest absolute Gasteiger partial charge is 0.368 e. The van der Waals surface area contributed by atoms with Crippen LogP contribution >= 0.6 is 0 Å². The Bertz CT molecular complexity index is 467. The van der Waals surface area contributed by atoms with Gasteiger partial charge in [-0.15, -0.1) is 0 Å². The van der Waals surface area contributed by atoms with Crippen LogP contribution in [0.3, 0.4) is 0 Å². The molecule has 1 aliphatic rings. The zero-order valence-corrected chi connectivity index (χ0v) is 10.2. The molecule has 0 bridgehead atoms. The van der Waals surface area contributed by atoms with Crippen molar-refractivity contribution >= 4 is 11.4 Å². The summed E-state index contributed by atoms with van der Waals surface area (Å²) in [5.74, 6) is -0.582. The van der Waals surface area contributed by atoms with E-state index in [9.17, 15) is 14.5 Å². The summed E-state index contributed by atoms with van der Waals surface area (Å²) in [7, 11) is 0. The lowest BCUT2D eigenvalue weighted by atomic mass is 9.98. The molecule has 2 atom stereocenters. The highest BCUT2D eigenvalue weighted by atomic mass is 19.1. The van der Waals surface area contributed by atoms with Crippen molar-refractivity contribution in [1.29, 1.82) is 0 Å². The Balaban J connectivity index is 2.30. The minimum Gasteiger partial charge on any atom is -0.368 e. The Hall–Kier alpha value is -1.69. The third-order valence-electron chi connectivity index (χ3n) is 3.33. The molecular formula is C12H16FN3O2. The van der Waals surface area contributed by atoms with Crippen LogP contribution in [0.4, 0.5) is 15.8 Å². The van der Waals surface area contributed by atoms with E-state index in [0.29, 0.717) is 12.2 Å². The lowest BCUT2D eigenvalue weighted by Gasteiger charge is -2.38. The summed E-state index contributed by atoms with van der Waals surface area (Å²) in [6.07, 6.45) is 1.62. The molecule has 5 nitrogen and oxygen atoms in total. The Morgan fingerprint density at radius 3 is 2.83 bits per heavy atom. The van der Waals surface area contributed by atoms with E-state index in [-0.39, 0.29) is 17.8 Å². The van der Waals surface area contributed by atoms with Crippen LogP contribution in [-0.4, -0.2) is 23.6 Å². The van der Waals surface area contributed by atoms with Crippen molar-refractivity contribution in [2.45, 2.75) is 31.8 Å². The van der Waals surface area contributed by atoms with Crippen LogP contribution in [0.15, 0.2) is 18.2 Å². The van der Waals surface area contributed by atoms with Gasteiger partial charge in [0.2, 0.25) is 0 Å². The maximum Gasteiger partial charge on any atom is 0.274 e. The van der Waals surface area contributed by atoms with Crippen LogP contribution in [0.1, 0.15) is 19.8 Å². The molecule has 0 aromatic heterocycles. The molecule has 0 aliphatic carbocycles. The molecule has 2 unspecified atom stereocenters. The number of piperidine rings is 1. The number of halogens is 1. The number of rotatable bonds is 2. The number of hydrogen-bond donors (Lipinski definition) is 1. The van der Waals surface area contributed by atoms with Gasteiger partial charge in [0.15, 0.2) is 0 Å². The second kappa shape index (κ2) is 4.89. The van der Waals surface area contributed by atoms with E-state index in [1.165, 1.54) is 12.1 Å². The van der Waals surface area contributed by atoms with Gasteiger partial charge in [-0.25, -0.2) is 4.39 Å². The van der Waals surface area contributed by atoms with E-state index in [4.69, 9.17) is 5.73 Å². The molecule has 0 saturated carbocycles. The molecule has 1 aromatic carbocycles. The van der Waals surface area contributed by atoms with Gasteiger partial charge in [0.05, 0.1) is 11.0 Å². The SMILES string of the molecule is CC1CC(N)CCN1c1cc(F)cc([N+](=O)[O-])c1. The fraction of sp³-hybridized carbons (Fsp3) is 0.500. The number of non-ortho nitro benzene ring substituents is 1. The second-order valence-corrected chi connectivity index (χ2v) is 4.75. The Morgan fingerprint density at radius 2 is 2.22 bits per heavy atom. The molecule has 0 spiro atoms. The highest BCUT2D eigenvalue weighted by Crippen LogP contribution is 2.28. The fourth-order valence-electron chi connectivity index (χ4n) is 2.42. The first-order valence-electron chi connectivity index (χ1n) is 5.94. The maximum atomic E-state index is 13.4. The average Bonchev–Trinajstić information content (AvgIpc) is 2.27. The maximum absolute atomic E-state index is 13.4. The number of nitrogens with two attached hydrogens (primary N) is 1. The van der Waals surface area contributed by atoms with Crippen molar-refractivity contribution < 1.29 is 9.31 Å². The number of nitro groups is 1. The molecule has 6 heteroatoms. The zero-order valence-electron chi connectivity index (χ0n) is 10.2. The fourth-order valence-corrected chi connectivity index (χ4v) is 2.42. The third-order valence-corrected chi connectivity index (χ3v) is 3.33. The van der Waals surface area contributed by atoms with Gasteiger partial charge in [0.1, 0.15) is 5.82 Å². The van der Waals surface area contributed by atoms with E-state index in [2.05, 4.69) is 0 Å². The number of hydrogen-bond acceptors (Lipinski definition) is 4. The van der Waals surface area contributed by atoms with Gasteiger partial charge >= 0.3 is 0 Å². The molecule has 18 heavy (non-hydrogen) atoms. The molecule has 1 aliphatic heterocycles.